The molecule has 1 atom stereocenters. The number of rotatable bonds is 4. The van der Waals surface area contributed by atoms with Crippen molar-refractivity contribution in [3.05, 3.63) is 0 Å². The van der Waals surface area contributed by atoms with Crippen LogP contribution in [0.3, 0.4) is 0 Å². The fourth-order valence-electron chi connectivity index (χ4n) is 1.14. The van der Waals surface area contributed by atoms with E-state index in [1.807, 2.05) is 0 Å². The van der Waals surface area contributed by atoms with Crippen molar-refractivity contribution in [3.8, 4) is 0 Å². The lowest BCUT2D eigenvalue weighted by atomic mass is 9.88. The lowest BCUT2D eigenvalue weighted by molar-refractivity contribution is 0.354. The molecule has 0 aliphatic heterocycles. The average Bonchev–Trinajstić information content (AvgIpc) is 1.84. The average molecular weight is 186 g/mol. The molecule has 0 aromatic rings. The van der Waals surface area contributed by atoms with Crippen molar-refractivity contribution in [2.24, 2.45) is 11.3 Å². The summed E-state index contributed by atoms with van der Waals surface area (Å²) in [5, 5.41) is 0. The molecule has 0 unspecified atom stereocenters. The van der Waals surface area contributed by atoms with Crippen LogP contribution in [0.5, 0.6) is 0 Å². The monoisotopic (exact) mass is 186 g/mol. The van der Waals surface area contributed by atoms with Crippen LogP contribution in [0.15, 0.2) is 0 Å². The van der Waals surface area contributed by atoms with Crippen LogP contribution in [0.4, 0.5) is 0 Å². The molecule has 0 saturated heterocycles. The lowest BCUT2D eigenvalue weighted by Gasteiger charge is -2.19. The molecule has 0 aromatic heterocycles. The summed E-state index contributed by atoms with van der Waals surface area (Å²) in [5.41, 5.74) is 0.481. The highest BCUT2D eigenvalue weighted by Gasteiger charge is 2.11. The molecule has 0 radical (unpaired) electrons. The van der Waals surface area contributed by atoms with Crippen molar-refractivity contribution in [1.29, 1.82) is 0 Å². The van der Waals surface area contributed by atoms with Gasteiger partial charge in [0.15, 0.2) is 0 Å². The van der Waals surface area contributed by atoms with E-state index >= 15 is 0 Å². The van der Waals surface area contributed by atoms with E-state index < -0.39 is 0 Å². The maximum absolute atomic E-state index is 5.12. The SMILES string of the molecule is CC(=S)[C@@H](C)CCCC(C)(C)C. The molecule has 0 aliphatic carbocycles. The quantitative estimate of drug-likeness (QED) is 0.592. The normalized spacial score (nSPS) is 14.4. The van der Waals surface area contributed by atoms with Gasteiger partial charge in [-0.1, -0.05) is 46.3 Å². The summed E-state index contributed by atoms with van der Waals surface area (Å²) in [6.45, 7) is 11.2. The third-order valence-corrected chi connectivity index (χ3v) is 2.66. The van der Waals surface area contributed by atoms with Gasteiger partial charge in [-0.15, -0.1) is 0 Å². The molecule has 0 spiro atoms. The van der Waals surface area contributed by atoms with Crippen molar-refractivity contribution in [2.45, 2.75) is 53.9 Å². The van der Waals surface area contributed by atoms with Crippen molar-refractivity contribution in [3.63, 3.8) is 0 Å². The van der Waals surface area contributed by atoms with Crippen LogP contribution < -0.4 is 0 Å². The summed E-state index contributed by atoms with van der Waals surface area (Å²) < 4.78 is 0. The van der Waals surface area contributed by atoms with Gasteiger partial charge in [-0.2, -0.15) is 0 Å². The smallest absolute Gasteiger partial charge is 0.00743 e. The molecule has 0 aromatic carbocycles. The number of hydrogen-bond donors (Lipinski definition) is 0. The van der Waals surface area contributed by atoms with Crippen molar-refractivity contribution < 1.29 is 0 Å². The van der Waals surface area contributed by atoms with Crippen LogP contribution in [-0.4, -0.2) is 4.86 Å². The van der Waals surface area contributed by atoms with E-state index in [1.165, 1.54) is 19.3 Å². The summed E-state index contributed by atoms with van der Waals surface area (Å²) >= 11 is 5.12. The van der Waals surface area contributed by atoms with E-state index in [-0.39, 0.29) is 0 Å². The van der Waals surface area contributed by atoms with E-state index in [1.54, 1.807) is 0 Å². The van der Waals surface area contributed by atoms with E-state index in [0.717, 1.165) is 4.86 Å². The first-order chi connectivity index (χ1) is 5.33. The predicted molar refractivity (Wildman–Crippen MR) is 60.7 cm³/mol. The minimum absolute atomic E-state index is 0.481. The van der Waals surface area contributed by atoms with Gasteiger partial charge in [0, 0.05) is 0 Å². The molecule has 0 aliphatic rings. The Bertz CT molecular complexity index is 142. The highest BCUT2D eigenvalue weighted by Crippen LogP contribution is 2.23. The third-order valence-electron chi connectivity index (χ3n) is 2.26. The van der Waals surface area contributed by atoms with Crippen molar-refractivity contribution in [1.82, 2.24) is 0 Å². The van der Waals surface area contributed by atoms with Gasteiger partial charge in [-0.3, -0.25) is 0 Å². The maximum Gasteiger partial charge on any atom is -0.00743 e. The van der Waals surface area contributed by atoms with Gasteiger partial charge in [0.25, 0.3) is 0 Å². The molecule has 0 heterocycles. The first-order valence-electron chi connectivity index (χ1n) is 4.83. The summed E-state index contributed by atoms with van der Waals surface area (Å²) in [4.78, 5) is 1.16. The van der Waals surface area contributed by atoms with Crippen LogP contribution in [-0.2, 0) is 0 Å². The van der Waals surface area contributed by atoms with Gasteiger partial charge in [0.1, 0.15) is 0 Å². The Labute approximate surface area is 82.7 Å². The molecular formula is C11H22S. The molecule has 12 heavy (non-hydrogen) atoms. The Balaban J connectivity index is 3.51. The summed E-state index contributed by atoms with van der Waals surface area (Å²) in [6.07, 6.45) is 3.87. The highest BCUT2D eigenvalue weighted by atomic mass is 32.1. The fraction of sp³-hybridized carbons (Fsp3) is 0.909. The number of hydrogen-bond acceptors (Lipinski definition) is 1. The second kappa shape index (κ2) is 4.96. The van der Waals surface area contributed by atoms with Crippen LogP contribution in [0.2, 0.25) is 0 Å². The molecule has 0 bridgehead atoms. The minimum atomic E-state index is 0.481. The topological polar surface area (TPSA) is 0 Å². The van der Waals surface area contributed by atoms with Gasteiger partial charge >= 0.3 is 0 Å². The Kier molecular flexibility index (Phi) is 5.00. The Morgan fingerprint density at radius 2 is 1.83 bits per heavy atom. The zero-order chi connectivity index (χ0) is 9.78. The highest BCUT2D eigenvalue weighted by molar-refractivity contribution is 7.80. The van der Waals surface area contributed by atoms with Crippen molar-refractivity contribution in [2.75, 3.05) is 0 Å². The lowest BCUT2D eigenvalue weighted by Crippen LogP contribution is -2.08. The first-order valence-corrected chi connectivity index (χ1v) is 5.24. The molecule has 0 saturated carbocycles. The fourth-order valence-corrected chi connectivity index (χ4v) is 1.26. The van der Waals surface area contributed by atoms with Gasteiger partial charge < -0.3 is 0 Å². The zero-order valence-corrected chi connectivity index (χ0v) is 9.92. The second-order valence-corrected chi connectivity index (χ2v) is 5.61. The minimum Gasteiger partial charge on any atom is -0.0897 e. The standard InChI is InChI=1S/C11H22S/c1-9(10(2)12)7-6-8-11(3,4)5/h9H,6-8H2,1-5H3/t9-/m0/s1. The molecule has 1 heteroatoms. The molecular weight excluding hydrogens is 164 g/mol. The molecule has 72 valence electrons. The molecule has 0 rings (SSSR count). The van der Waals surface area contributed by atoms with Crippen LogP contribution in [0.1, 0.15) is 53.9 Å². The Hall–Kier alpha value is 0.0900. The van der Waals surface area contributed by atoms with Gasteiger partial charge in [-0.05, 0) is 36.0 Å². The van der Waals surface area contributed by atoms with E-state index in [0.29, 0.717) is 11.3 Å². The van der Waals surface area contributed by atoms with Gasteiger partial charge in [0.05, 0.1) is 0 Å². The number of thiocarbonyl (C=S) groups is 1. The van der Waals surface area contributed by atoms with Gasteiger partial charge in [-0.25, -0.2) is 0 Å². The molecule has 0 nitrogen and oxygen atoms in total. The first kappa shape index (κ1) is 12.1. The zero-order valence-electron chi connectivity index (χ0n) is 9.11. The summed E-state index contributed by atoms with van der Waals surface area (Å²) in [6, 6.07) is 0. The van der Waals surface area contributed by atoms with E-state index in [9.17, 15) is 0 Å². The summed E-state index contributed by atoms with van der Waals surface area (Å²) in [7, 11) is 0. The summed E-state index contributed by atoms with van der Waals surface area (Å²) in [5.74, 6) is 0.627. The van der Waals surface area contributed by atoms with Crippen molar-refractivity contribution >= 4 is 17.1 Å². The van der Waals surface area contributed by atoms with Crippen LogP contribution in [0.25, 0.3) is 0 Å². The predicted octanol–water partition coefficient (Wildman–Crippen LogP) is 4.23. The molecule has 0 amide bonds. The van der Waals surface area contributed by atoms with E-state index in [2.05, 4.69) is 34.6 Å². The Morgan fingerprint density at radius 1 is 1.33 bits per heavy atom. The van der Waals surface area contributed by atoms with Crippen LogP contribution >= 0.6 is 12.2 Å². The second-order valence-electron chi connectivity index (χ2n) is 4.96. The largest absolute Gasteiger partial charge is 0.0897 e. The maximum atomic E-state index is 5.12. The third kappa shape index (κ3) is 6.78. The molecule has 0 N–H and O–H groups in total. The molecule has 0 fully saturated rings. The van der Waals surface area contributed by atoms with Crippen LogP contribution in [0, 0.1) is 11.3 Å². The Morgan fingerprint density at radius 3 is 2.17 bits per heavy atom. The van der Waals surface area contributed by atoms with Gasteiger partial charge in [0.2, 0.25) is 0 Å². The van der Waals surface area contributed by atoms with E-state index in [4.69, 9.17) is 12.2 Å².